The zero-order chi connectivity index (χ0) is 10.7. The molecule has 4 N–H and O–H groups in total. The molecule has 16 heavy (non-hydrogen) atoms. The second-order valence-corrected chi connectivity index (χ2v) is 0.0833. The third-order valence-electron chi connectivity index (χ3n) is 0. The summed E-state index contributed by atoms with van der Waals surface area (Å²) in [6.45, 7) is 12.0. The first-order valence-corrected chi connectivity index (χ1v) is 1.77. The van der Waals surface area contributed by atoms with Crippen LogP contribution in [-0.4, -0.2) is 22.1 Å². The quantitative estimate of drug-likeness (QED) is 0.383. The molecule has 0 amide bonds. The molecule has 0 heterocycles. The predicted octanol–water partition coefficient (Wildman–Crippen LogP) is 2.83. The highest BCUT2D eigenvalue weighted by Gasteiger charge is 1.13. The Morgan fingerprint density at radius 2 is 0.688 bits per heavy atom. The van der Waals surface area contributed by atoms with E-state index in [4.69, 9.17) is 30.0 Å². The Morgan fingerprint density at radius 3 is 0.688 bits per heavy atom. The summed E-state index contributed by atoms with van der Waals surface area (Å²) in [4.78, 5) is 30.2. The Morgan fingerprint density at radius 1 is 0.688 bits per heavy atom. The first-order chi connectivity index (χ1) is 5.41. The Bertz CT molecular complexity index is 58.1. The van der Waals surface area contributed by atoms with Crippen molar-refractivity contribution in [1.29, 1.82) is 0 Å². The van der Waals surface area contributed by atoms with Gasteiger partial charge in [-0.15, -0.1) is 26.3 Å². The van der Waals surface area contributed by atoms with Crippen LogP contribution in [0, 0.1) is 9.93 Å². The topological polar surface area (TPSA) is 140 Å². The molecule has 0 unspecified atom stereocenters. The van der Waals surface area contributed by atoms with Gasteiger partial charge in [-0.1, -0.05) is 29.7 Å². The third kappa shape index (κ3) is 576. The maximum atomic E-state index is 8.12. The van der Waals surface area contributed by atoms with Crippen LogP contribution in [0.25, 0.3) is 0 Å². The molecule has 0 aromatic heterocycles. The summed E-state index contributed by atoms with van der Waals surface area (Å²) in [5, 5.41) is 12.0. The summed E-state index contributed by atoms with van der Waals surface area (Å²) in [5.41, 5.74) is 0. The molecule has 0 spiro atoms. The summed E-state index contributed by atoms with van der Waals surface area (Å²) in [5.74, 6) is 0. The van der Waals surface area contributed by atoms with Gasteiger partial charge < -0.3 is 5.48 Å². The molecule has 0 rings (SSSR count). The Hall–Kier alpha value is -1.66. The van der Waals surface area contributed by atoms with E-state index >= 15 is 0 Å². The Labute approximate surface area is 98.6 Å². The van der Waals surface area contributed by atoms with Gasteiger partial charge in [-0.2, -0.15) is 9.59 Å². The Balaban J connectivity index is -0.00000000330. The number of hydrogen-bond donors (Lipinski definition) is 2. The van der Waals surface area contributed by atoms with Gasteiger partial charge in [0.1, 0.15) is 0 Å². The van der Waals surface area contributed by atoms with Crippen LogP contribution in [0.15, 0.2) is 26.3 Å². The zero-order valence-electron chi connectivity index (χ0n) is 6.36. The minimum atomic E-state index is 0. The van der Waals surface area contributed by atoms with Crippen molar-refractivity contribution in [3.05, 3.63) is 36.2 Å². The molecule has 0 saturated heterocycles. The minimum Gasteiger partial charge on any atom is -0.412 e. The average Bonchev–Trinajstić information content (AvgIpc) is 2.18. The second kappa shape index (κ2) is 4660. The smallest absolute Gasteiger partial charge is 0.373 e. The van der Waals surface area contributed by atoms with E-state index in [0.29, 0.717) is 0 Å². The molecule has 0 bridgehead atoms. The van der Waals surface area contributed by atoms with E-state index in [2.05, 4.69) is 26.3 Å². The minimum absolute atomic E-state index is 0. The van der Waals surface area contributed by atoms with Crippen LogP contribution in [0.5, 0.6) is 0 Å². The summed E-state index contributed by atoms with van der Waals surface area (Å²) in [6, 6.07) is 0. The molecular formula is C9H28O7. The van der Waals surface area contributed by atoms with Gasteiger partial charge in [-0.25, -0.2) is 0 Å². The van der Waals surface area contributed by atoms with Crippen molar-refractivity contribution in [2.75, 3.05) is 0 Å². The van der Waals surface area contributed by atoms with Gasteiger partial charge in [-0.3, -0.25) is 10.5 Å². The van der Waals surface area contributed by atoms with Crippen LogP contribution < -0.4 is 0 Å². The molecule has 106 valence electrons. The fourth-order valence-corrected chi connectivity index (χ4v) is 0. The summed E-state index contributed by atoms with van der Waals surface area (Å²) < 4.78 is 0. The standard InChI is InChI=1S/2C2H4.CO2.4CH4.H2O2.O2.H2O/c2*1-2;2-1-3;;;;;2*1-2;/h2*1-2H2;;4*1H4;1-2H;;1H2. The fourth-order valence-electron chi connectivity index (χ4n) is 0. The third-order valence-corrected chi connectivity index (χ3v) is 0. The van der Waals surface area contributed by atoms with Gasteiger partial charge in [0.25, 0.3) is 0 Å². The van der Waals surface area contributed by atoms with E-state index in [-0.39, 0.29) is 41.3 Å². The van der Waals surface area contributed by atoms with Crippen LogP contribution >= 0.6 is 0 Å². The normalized spacial score (nSPS) is 1.62. The van der Waals surface area contributed by atoms with Crippen LogP contribution in [0.2, 0.25) is 0 Å². The van der Waals surface area contributed by atoms with Crippen molar-refractivity contribution in [1.82, 2.24) is 0 Å². The molecule has 7 heteroatoms. The van der Waals surface area contributed by atoms with Crippen molar-refractivity contribution in [3.8, 4) is 0 Å². The lowest BCUT2D eigenvalue weighted by molar-refractivity contribution is -0.191. The molecular weight excluding hydrogens is 220 g/mol. The highest BCUT2D eigenvalue weighted by Crippen LogP contribution is 0.865. The maximum absolute atomic E-state index is 8.12. The molecule has 7 nitrogen and oxygen atoms in total. The fraction of sp³-hybridized carbons (Fsp3) is 0.444. The summed E-state index contributed by atoms with van der Waals surface area (Å²) in [6.07, 6.45) is 0.250. The van der Waals surface area contributed by atoms with Crippen molar-refractivity contribution < 1.29 is 25.6 Å². The average molecular weight is 248 g/mol. The van der Waals surface area contributed by atoms with Crippen molar-refractivity contribution in [2.45, 2.75) is 29.7 Å². The predicted molar refractivity (Wildman–Crippen MR) is 70.0 cm³/mol. The van der Waals surface area contributed by atoms with Gasteiger partial charge in [0, 0.05) is 9.93 Å². The number of rotatable bonds is 0. The number of hydrogen-bond acceptors (Lipinski definition) is 6. The lowest BCUT2D eigenvalue weighted by Gasteiger charge is -1.25. The molecule has 0 radical (unpaired) electrons. The molecule has 0 saturated carbocycles. The van der Waals surface area contributed by atoms with Crippen molar-refractivity contribution in [3.63, 3.8) is 0 Å². The van der Waals surface area contributed by atoms with Gasteiger partial charge in [0.05, 0.1) is 0 Å². The van der Waals surface area contributed by atoms with Crippen molar-refractivity contribution >= 4 is 6.15 Å². The van der Waals surface area contributed by atoms with Gasteiger partial charge in [0.2, 0.25) is 0 Å². The molecule has 0 fully saturated rings. The van der Waals surface area contributed by atoms with E-state index in [1.165, 1.54) is 0 Å². The molecule has 0 atom stereocenters. The Kier molecular flexibility index (Phi) is 39500. The molecule has 0 aromatic carbocycles. The van der Waals surface area contributed by atoms with Crippen LogP contribution in [0.1, 0.15) is 29.7 Å². The zero-order valence-corrected chi connectivity index (χ0v) is 6.36. The summed E-state index contributed by atoms with van der Waals surface area (Å²) in [7, 11) is 0. The van der Waals surface area contributed by atoms with Gasteiger partial charge in [-0.05, 0) is 0 Å². The lowest BCUT2D eigenvalue weighted by atomic mass is 11.3. The van der Waals surface area contributed by atoms with E-state index in [1.54, 1.807) is 0 Å². The first-order valence-electron chi connectivity index (χ1n) is 1.77. The van der Waals surface area contributed by atoms with Crippen LogP contribution in [0.4, 0.5) is 0 Å². The van der Waals surface area contributed by atoms with E-state index in [0.717, 1.165) is 0 Å². The molecule has 0 aliphatic rings. The molecule has 0 aliphatic heterocycles. The van der Waals surface area contributed by atoms with E-state index < -0.39 is 0 Å². The largest absolute Gasteiger partial charge is 0.412 e. The van der Waals surface area contributed by atoms with Gasteiger partial charge in [0.15, 0.2) is 0 Å². The molecule has 0 aromatic rings. The lowest BCUT2D eigenvalue weighted by Crippen LogP contribution is -1.29. The van der Waals surface area contributed by atoms with Crippen LogP contribution in [-0.2, 0) is 9.59 Å². The summed E-state index contributed by atoms with van der Waals surface area (Å²) >= 11 is 0. The highest BCUT2D eigenvalue weighted by molar-refractivity contribution is 5.20. The first kappa shape index (κ1) is 135. The van der Waals surface area contributed by atoms with E-state index in [1.807, 2.05) is 0 Å². The monoisotopic (exact) mass is 248 g/mol. The van der Waals surface area contributed by atoms with E-state index in [9.17, 15) is 0 Å². The maximum Gasteiger partial charge on any atom is 0.373 e. The van der Waals surface area contributed by atoms with Crippen LogP contribution in [0.3, 0.4) is 0 Å². The highest BCUT2D eigenvalue weighted by atomic mass is 17.0. The van der Waals surface area contributed by atoms with Gasteiger partial charge >= 0.3 is 6.15 Å². The second-order valence-electron chi connectivity index (χ2n) is 0.0833. The van der Waals surface area contributed by atoms with Crippen molar-refractivity contribution in [2.24, 2.45) is 0 Å². The SMILES string of the molecule is C.C.C.C.C=C.C=C.O.O=C=O.O=O.OO. The number of carbonyl (C=O) groups excluding carboxylic acids is 2. The molecule has 0 aliphatic carbocycles.